The van der Waals surface area contributed by atoms with Crippen molar-refractivity contribution in [3.05, 3.63) is 230 Å². The van der Waals surface area contributed by atoms with Gasteiger partial charge in [-0.05, 0) is 105 Å². The van der Waals surface area contributed by atoms with Crippen LogP contribution in [0.5, 0.6) is 0 Å². The van der Waals surface area contributed by atoms with Crippen LogP contribution in [0, 0.1) is 0 Å². The molecule has 4 nitrogen and oxygen atoms in total. The zero-order chi connectivity index (χ0) is 44.3. The highest BCUT2D eigenvalue weighted by Gasteiger charge is 2.44. The van der Waals surface area contributed by atoms with E-state index < -0.39 is 0 Å². The van der Waals surface area contributed by atoms with Gasteiger partial charge in [0.15, 0.2) is 17.5 Å². The van der Waals surface area contributed by atoms with Crippen molar-refractivity contribution < 1.29 is 0 Å². The van der Waals surface area contributed by atoms with Gasteiger partial charge >= 0.3 is 0 Å². The third-order valence-corrected chi connectivity index (χ3v) is 14.5. The lowest BCUT2D eigenvalue weighted by Gasteiger charge is -2.36. The normalized spacial score (nSPS) is 13.8. The number of fused-ring (bicyclic) bond motifs is 8. The molecule has 1 fully saturated rings. The van der Waals surface area contributed by atoms with Gasteiger partial charge in [-0.1, -0.05) is 201 Å². The topological polar surface area (TPSA) is 43.6 Å². The van der Waals surface area contributed by atoms with E-state index in [2.05, 4.69) is 199 Å². The third kappa shape index (κ3) is 6.70. The predicted molar refractivity (Wildman–Crippen MR) is 276 cm³/mol. The van der Waals surface area contributed by atoms with E-state index >= 15 is 0 Å². The fourth-order valence-electron chi connectivity index (χ4n) is 11.2. The third-order valence-electron chi connectivity index (χ3n) is 14.5. The van der Waals surface area contributed by atoms with Gasteiger partial charge in [-0.3, -0.25) is 0 Å². The summed E-state index contributed by atoms with van der Waals surface area (Å²) in [6.45, 7) is 0. The second-order valence-electron chi connectivity index (χ2n) is 18.3. The second-order valence-corrected chi connectivity index (χ2v) is 18.3. The summed E-state index contributed by atoms with van der Waals surface area (Å²) in [6.07, 6.45) is 6.09. The molecule has 13 rings (SSSR count). The summed E-state index contributed by atoms with van der Waals surface area (Å²) in [5.41, 5.74) is 19.5. The number of benzene rings is 9. The highest BCUT2D eigenvalue weighted by molar-refractivity contribution is 6.11. The van der Waals surface area contributed by atoms with Crippen molar-refractivity contribution in [1.82, 2.24) is 19.5 Å². The zero-order valence-electron chi connectivity index (χ0n) is 37.1. The van der Waals surface area contributed by atoms with Gasteiger partial charge in [-0.15, -0.1) is 0 Å². The minimum absolute atomic E-state index is 0.0160. The molecule has 0 amide bonds. The first-order chi connectivity index (χ1) is 33.2. The molecule has 2 aliphatic carbocycles. The molecule has 0 aliphatic heterocycles. The van der Waals surface area contributed by atoms with Crippen LogP contribution in [0.4, 0.5) is 0 Å². The van der Waals surface area contributed by atoms with E-state index in [-0.39, 0.29) is 5.41 Å². The van der Waals surface area contributed by atoms with Crippen LogP contribution in [-0.2, 0) is 5.41 Å². The summed E-state index contributed by atoms with van der Waals surface area (Å²) in [5, 5.41) is 2.63. The summed E-state index contributed by atoms with van der Waals surface area (Å²) in [6, 6.07) is 79.0. The quantitative estimate of drug-likeness (QED) is 0.160. The highest BCUT2D eigenvalue weighted by atomic mass is 15.0. The minimum Gasteiger partial charge on any atom is -0.309 e. The molecule has 1 spiro atoms. The van der Waals surface area contributed by atoms with Crippen LogP contribution in [0.15, 0.2) is 218 Å². The maximum Gasteiger partial charge on any atom is 0.164 e. The fourth-order valence-corrected chi connectivity index (χ4v) is 11.2. The number of hydrogen-bond donors (Lipinski definition) is 0. The Bertz CT molecular complexity index is 3620. The van der Waals surface area contributed by atoms with Crippen molar-refractivity contribution in [3.8, 4) is 84.4 Å². The molecule has 0 unspecified atom stereocenters. The molecule has 4 heteroatoms. The van der Waals surface area contributed by atoms with Crippen LogP contribution < -0.4 is 0 Å². The fraction of sp³-hybridized carbons (Fsp3) is 0.0952. The first-order valence-electron chi connectivity index (χ1n) is 23.6. The molecule has 0 saturated heterocycles. The number of nitrogens with zero attached hydrogens (tertiary/aromatic N) is 4. The molecular weight excluding hydrogens is 813 g/mol. The molecule has 9 aromatic carbocycles. The monoisotopic (exact) mass is 858 g/mol. The van der Waals surface area contributed by atoms with Gasteiger partial charge < -0.3 is 4.57 Å². The number of rotatable bonds is 7. The van der Waals surface area contributed by atoms with Gasteiger partial charge in [0, 0.05) is 38.6 Å². The molecule has 2 aromatic heterocycles. The Morgan fingerprint density at radius 2 is 0.776 bits per heavy atom. The highest BCUT2D eigenvalue weighted by Crippen LogP contribution is 2.58. The van der Waals surface area contributed by atoms with E-state index in [0.717, 1.165) is 22.3 Å². The lowest BCUT2D eigenvalue weighted by molar-refractivity contribution is 0.353. The molecule has 1 saturated carbocycles. The van der Waals surface area contributed by atoms with Crippen molar-refractivity contribution in [3.63, 3.8) is 0 Å². The molecule has 0 N–H and O–H groups in total. The minimum atomic E-state index is -0.0160. The number of hydrogen-bond acceptors (Lipinski definition) is 3. The predicted octanol–water partition coefficient (Wildman–Crippen LogP) is 16.2. The average Bonchev–Trinajstić information content (AvgIpc) is 3.87. The van der Waals surface area contributed by atoms with Crippen LogP contribution in [0.3, 0.4) is 0 Å². The maximum absolute atomic E-state index is 5.09. The molecule has 318 valence electrons. The molecule has 11 aromatic rings. The van der Waals surface area contributed by atoms with Gasteiger partial charge in [0.25, 0.3) is 0 Å². The van der Waals surface area contributed by atoms with Crippen molar-refractivity contribution in [2.45, 2.75) is 37.5 Å². The van der Waals surface area contributed by atoms with Gasteiger partial charge in [0.05, 0.1) is 11.0 Å². The Morgan fingerprint density at radius 1 is 0.313 bits per heavy atom. The summed E-state index contributed by atoms with van der Waals surface area (Å²) >= 11 is 0. The van der Waals surface area contributed by atoms with Crippen LogP contribution in [0.1, 0.15) is 43.2 Å². The van der Waals surface area contributed by atoms with E-state index in [1.54, 1.807) is 0 Å². The van der Waals surface area contributed by atoms with Crippen LogP contribution in [0.25, 0.3) is 106 Å². The molecule has 0 atom stereocenters. The van der Waals surface area contributed by atoms with E-state index in [4.69, 9.17) is 15.0 Å². The van der Waals surface area contributed by atoms with E-state index in [0.29, 0.717) is 17.5 Å². The molecule has 2 aliphatic rings. The molecule has 0 bridgehead atoms. The van der Waals surface area contributed by atoms with Crippen molar-refractivity contribution in [1.29, 1.82) is 0 Å². The number of aromatic nitrogens is 4. The number of para-hydroxylation sites is 1. The SMILES string of the molecule is c1ccc(-c2ccc(-c3nc(-c4ccccc4)nc(-c4ccc(-c5ccc6c(c5)C5(CCCCC5)c5cc7c8ccccc8n(-c8cccc(-c9ccccc9)c8)c7cc5-6)cc4)n3)cc2)cc1. The maximum atomic E-state index is 5.09. The summed E-state index contributed by atoms with van der Waals surface area (Å²) < 4.78 is 2.48. The first kappa shape index (κ1) is 39.2. The Kier molecular flexibility index (Phi) is 9.38. The zero-order valence-corrected chi connectivity index (χ0v) is 37.1. The first-order valence-corrected chi connectivity index (χ1v) is 23.6. The van der Waals surface area contributed by atoms with E-state index in [9.17, 15) is 0 Å². The lowest BCUT2D eigenvalue weighted by Crippen LogP contribution is -2.28. The molecule has 0 radical (unpaired) electrons. The van der Waals surface area contributed by atoms with E-state index in [1.165, 1.54) is 110 Å². The van der Waals surface area contributed by atoms with Crippen molar-refractivity contribution in [2.24, 2.45) is 0 Å². The smallest absolute Gasteiger partial charge is 0.164 e. The molecular formula is C63H46N4. The van der Waals surface area contributed by atoms with Crippen LogP contribution in [-0.4, -0.2) is 19.5 Å². The Morgan fingerprint density at radius 3 is 1.42 bits per heavy atom. The van der Waals surface area contributed by atoms with Gasteiger partial charge in [0.1, 0.15) is 0 Å². The second kappa shape index (κ2) is 16.0. The summed E-state index contributed by atoms with van der Waals surface area (Å²) in [7, 11) is 0. The largest absolute Gasteiger partial charge is 0.309 e. The van der Waals surface area contributed by atoms with E-state index in [1.807, 2.05) is 24.3 Å². The Hall–Kier alpha value is -8.21. The lowest BCUT2D eigenvalue weighted by atomic mass is 9.67. The molecule has 67 heavy (non-hydrogen) atoms. The van der Waals surface area contributed by atoms with Crippen molar-refractivity contribution in [2.75, 3.05) is 0 Å². The standard InChI is InChI=1S/C63H46N4/c1-5-16-42(17-6-1)44-26-30-47(31-27-44)61-64-60(46-20-9-3-10-21-46)65-62(66-61)48-32-28-45(29-33-48)50-34-35-52-54-41-59-55(40-57(54)63(56(52)39-50)36-13-4-14-37-63)53-24-11-12-25-58(53)67(59)51-23-15-22-49(38-51)43-18-7-2-8-19-43/h1-3,5-12,15-35,38-41H,4,13-14,36-37H2. The van der Waals surface area contributed by atoms with Crippen LogP contribution >= 0.6 is 0 Å². The average molecular weight is 859 g/mol. The van der Waals surface area contributed by atoms with Crippen LogP contribution in [0.2, 0.25) is 0 Å². The Balaban J connectivity index is 0.890. The van der Waals surface area contributed by atoms with Gasteiger partial charge in [-0.2, -0.15) is 0 Å². The molecule has 2 heterocycles. The van der Waals surface area contributed by atoms with Gasteiger partial charge in [0.2, 0.25) is 0 Å². The summed E-state index contributed by atoms with van der Waals surface area (Å²) in [5.74, 6) is 1.97. The van der Waals surface area contributed by atoms with Crippen molar-refractivity contribution >= 4 is 21.8 Å². The van der Waals surface area contributed by atoms with Gasteiger partial charge in [-0.25, -0.2) is 15.0 Å². The summed E-state index contributed by atoms with van der Waals surface area (Å²) in [4.78, 5) is 15.1. The Labute approximate surface area is 391 Å².